The minimum Gasteiger partial charge on any atom is -0.423 e. The van der Waals surface area contributed by atoms with E-state index in [2.05, 4.69) is 9.47 Å². The number of hydrogen-bond acceptors (Lipinski definition) is 13. The maximum Gasteiger partial charge on any atom is 0.346 e. The first-order valence-electron chi connectivity index (χ1n) is 11.4. The van der Waals surface area contributed by atoms with Crippen LogP contribution in [0.1, 0.15) is 64.6 Å². The maximum atomic E-state index is 12.9. The molecule has 0 saturated carbocycles. The molecule has 198 valence electrons. The molecule has 3 heterocycles. The number of nitrogens with two attached hydrogens (primary N) is 1. The zero-order chi connectivity index (χ0) is 28.5. The number of hydrazine groups is 1. The quantitative estimate of drug-likeness (QED) is 0.141. The fourth-order valence-electron chi connectivity index (χ4n) is 4.49. The number of imide groups is 1. The van der Waals surface area contributed by atoms with Gasteiger partial charge in [-0.1, -0.05) is 0 Å². The molecule has 1 aliphatic carbocycles. The second-order valence-electron chi connectivity index (χ2n) is 8.78. The molecule has 0 unspecified atom stereocenters. The molecule has 3 aliphatic heterocycles. The Morgan fingerprint density at radius 3 is 2.25 bits per heavy atom. The summed E-state index contributed by atoms with van der Waals surface area (Å²) >= 11 is 0. The lowest BCUT2D eigenvalue weighted by atomic mass is 9.93. The van der Waals surface area contributed by atoms with E-state index >= 15 is 0 Å². The van der Waals surface area contributed by atoms with E-state index in [1.807, 2.05) is 0 Å². The van der Waals surface area contributed by atoms with Crippen LogP contribution in [0.2, 0.25) is 0 Å². The van der Waals surface area contributed by atoms with E-state index < -0.39 is 53.4 Å². The molecule has 2 aromatic rings. The second-order valence-corrected chi connectivity index (χ2v) is 8.78. The van der Waals surface area contributed by atoms with Crippen molar-refractivity contribution in [3.05, 3.63) is 80.9 Å². The number of ether oxygens (including phenoxy) is 4. The largest absolute Gasteiger partial charge is 0.423 e. The highest BCUT2D eigenvalue weighted by atomic mass is 16.6. The summed E-state index contributed by atoms with van der Waals surface area (Å²) in [5, 5.41) is 0.283. The van der Waals surface area contributed by atoms with Crippen molar-refractivity contribution in [3.8, 4) is 11.5 Å². The Labute approximate surface area is 221 Å². The molecule has 2 amide bonds. The fraction of sp³-hybridized carbons (Fsp3) is 0.0769. The molecule has 4 aliphatic rings. The molecule has 6 rings (SSSR count). The van der Waals surface area contributed by atoms with Crippen molar-refractivity contribution in [3.63, 3.8) is 0 Å². The molecule has 0 spiro atoms. The van der Waals surface area contributed by atoms with Crippen LogP contribution in [0.3, 0.4) is 0 Å². The van der Waals surface area contributed by atoms with E-state index in [9.17, 15) is 38.4 Å². The molecule has 14 nitrogen and oxygen atoms in total. The van der Waals surface area contributed by atoms with Gasteiger partial charge in [0.1, 0.15) is 11.5 Å². The third kappa shape index (κ3) is 3.70. The Balaban J connectivity index is 1.32. The fourth-order valence-corrected chi connectivity index (χ4v) is 4.49. The summed E-state index contributed by atoms with van der Waals surface area (Å²) in [7, 11) is 0. The standard InChI is InChI=1S/C26H12N2O12/c27-28-19(29)16-7-11(37-21(31)9-1-3-12-14(5-9)25(35)39-23(12)33)8-17(18(16)20(28)30)38-22(32)10-2-4-13-15(6-10)26(36)40-24(13)34/h2,4-8H,1,3,27H2. The molecule has 2 aromatic carbocycles. The van der Waals surface area contributed by atoms with Crippen LogP contribution in [0, 0.1) is 0 Å². The van der Waals surface area contributed by atoms with Crippen molar-refractivity contribution < 1.29 is 57.3 Å². The van der Waals surface area contributed by atoms with Crippen molar-refractivity contribution in [1.82, 2.24) is 5.01 Å². The van der Waals surface area contributed by atoms with Crippen LogP contribution in [0.25, 0.3) is 0 Å². The number of carbonyl (C=O) groups excluding carboxylic acids is 8. The first-order chi connectivity index (χ1) is 19.0. The van der Waals surface area contributed by atoms with E-state index in [1.54, 1.807) is 0 Å². The van der Waals surface area contributed by atoms with Gasteiger partial charge in [-0.25, -0.2) is 39.6 Å². The predicted octanol–water partition coefficient (Wildman–Crippen LogP) is 0.692. The van der Waals surface area contributed by atoms with Crippen molar-refractivity contribution >= 4 is 47.6 Å². The van der Waals surface area contributed by atoms with Gasteiger partial charge in [0.05, 0.1) is 39.0 Å². The number of carbonyl (C=O) groups is 8. The molecular formula is C26H12N2O12. The summed E-state index contributed by atoms with van der Waals surface area (Å²) < 4.78 is 19.7. The molecule has 0 bridgehead atoms. The van der Waals surface area contributed by atoms with Crippen LogP contribution in [0.5, 0.6) is 11.5 Å². The summed E-state index contributed by atoms with van der Waals surface area (Å²) in [5.74, 6) is -2.77. The summed E-state index contributed by atoms with van der Waals surface area (Å²) in [6.07, 6.45) is 1.27. The normalized spacial score (nSPS) is 17.3. The smallest absolute Gasteiger partial charge is 0.346 e. The van der Waals surface area contributed by atoms with Crippen molar-refractivity contribution in [1.29, 1.82) is 0 Å². The summed E-state index contributed by atoms with van der Waals surface area (Å²) in [6, 6.07) is 5.49. The predicted molar refractivity (Wildman–Crippen MR) is 123 cm³/mol. The monoisotopic (exact) mass is 544 g/mol. The van der Waals surface area contributed by atoms with Crippen LogP contribution in [0.15, 0.2) is 53.1 Å². The van der Waals surface area contributed by atoms with E-state index in [4.69, 9.17) is 15.3 Å². The third-order valence-corrected chi connectivity index (χ3v) is 6.45. The van der Waals surface area contributed by atoms with Gasteiger partial charge in [0.25, 0.3) is 11.8 Å². The van der Waals surface area contributed by atoms with E-state index in [1.165, 1.54) is 18.2 Å². The molecule has 0 aromatic heterocycles. The van der Waals surface area contributed by atoms with Gasteiger partial charge in [-0.2, -0.15) is 0 Å². The first-order valence-corrected chi connectivity index (χ1v) is 11.4. The van der Waals surface area contributed by atoms with Gasteiger partial charge < -0.3 is 18.9 Å². The number of nitrogens with zero attached hydrogens (tertiary/aromatic N) is 1. The number of rotatable bonds is 4. The number of benzene rings is 2. The van der Waals surface area contributed by atoms with Gasteiger partial charge in [-0.3, -0.25) is 9.59 Å². The zero-order valence-electron chi connectivity index (χ0n) is 19.8. The number of hydrogen-bond donors (Lipinski definition) is 1. The Morgan fingerprint density at radius 1 is 0.750 bits per heavy atom. The van der Waals surface area contributed by atoms with Crippen molar-refractivity contribution in [2.24, 2.45) is 5.84 Å². The lowest BCUT2D eigenvalue weighted by molar-refractivity contribution is -0.151. The Kier molecular flexibility index (Phi) is 5.31. The maximum absolute atomic E-state index is 12.9. The first kappa shape index (κ1) is 24.6. The molecule has 40 heavy (non-hydrogen) atoms. The van der Waals surface area contributed by atoms with Gasteiger partial charge in [0.2, 0.25) is 0 Å². The van der Waals surface area contributed by atoms with E-state index in [-0.39, 0.29) is 68.1 Å². The van der Waals surface area contributed by atoms with Gasteiger partial charge in [0, 0.05) is 11.6 Å². The van der Waals surface area contributed by atoms with Crippen LogP contribution in [-0.2, 0) is 23.9 Å². The highest BCUT2D eigenvalue weighted by Crippen LogP contribution is 2.36. The molecule has 0 fully saturated rings. The Hall–Kier alpha value is -5.76. The van der Waals surface area contributed by atoms with Gasteiger partial charge in [-0.15, -0.1) is 0 Å². The SMILES string of the molecule is NN1C(=O)c2cc(OC(=O)C3=CC4=C(CC3)C(=O)OC4=O)cc(OC(=O)c3ccc4c(c3)C(=O)OC4=O)c2C1=O. The Bertz CT molecular complexity index is 1760. The van der Waals surface area contributed by atoms with Crippen molar-refractivity contribution in [2.45, 2.75) is 12.8 Å². The average molecular weight is 544 g/mol. The lowest BCUT2D eigenvalue weighted by Gasteiger charge is -2.13. The van der Waals surface area contributed by atoms with Gasteiger partial charge >= 0.3 is 35.8 Å². The van der Waals surface area contributed by atoms with E-state index in [0.29, 0.717) is 0 Å². The third-order valence-electron chi connectivity index (χ3n) is 6.45. The summed E-state index contributed by atoms with van der Waals surface area (Å²) in [4.78, 5) is 98.0. The average Bonchev–Trinajstić information content (AvgIpc) is 3.47. The number of amides is 2. The Morgan fingerprint density at radius 2 is 1.48 bits per heavy atom. The van der Waals surface area contributed by atoms with Crippen LogP contribution >= 0.6 is 0 Å². The molecule has 0 radical (unpaired) electrons. The minimum atomic E-state index is -1.09. The lowest BCUT2D eigenvalue weighted by Crippen LogP contribution is -2.36. The number of cyclic esters (lactones) is 4. The zero-order valence-corrected chi connectivity index (χ0v) is 19.8. The van der Waals surface area contributed by atoms with Crippen LogP contribution in [-0.4, -0.2) is 52.6 Å². The molecule has 0 atom stereocenters. The molecule has 0 saturated heterocycles. The highest BCUT2D eigenvalue weighted by Gasteiger charge is 2.39. The number of esters is 6. The molecular weight excluding hydrogens is 532 g/mol. The highest BCUT2D eigenvalue weighted by molar-refractivity contribution is 6.23. The van der Waals surface area contributed by atoms with E-state index in [0.717, 1.165) is 18.2 Å². The topological polar surface area (TPSA) is 203 Å². The number of fused-ring (bicyclic) bond motifs is 2. The van der Waals surface area contributed by atoms with Gasteiger partial charge in [0.15, 0.2) is 0 Å². The van der Waals surface area contributed by atoms with Crippen molar-refractivity contribution in [2.75, 3.05) is 0 Å². The minimum absolute atomic E-state index is 0.0203. The van der Waals surface area contributed by atoms with Crippen LogP contribution < -0.4 is 15.3 Å². The molecule has 14 heteroatoms. The summed E-state index contributed by atoms with van der Waals surface area (Å²) in [6.45, 7) is 0. The molecule has 2 N–H and O–H groups in total. The second kappa shape index (κ2) is 8.64. The van der Waals surface area contributed by atoms with Gasteiger partial charge in [-0.05, 0) is 43.2 Å². The van der Waals surface area contributed by atoms with Crippen LogP contribution in [0.4, 0.5) is 0 Å². The summed E-state index contributed by atoms with van der Waals surface area (Å²) in [5.41, 5.74) is -1.02.